The average Bonchev–Trinajstić information content (AvgIpc) is 2.32. The highest BCUT2D eigenvalue weighted by atomic mass is 16.2. The van der Waals surface area contributed by atoms with Crippen molar-refractivity contribution >= 4 is 11.8 Å². The van der Waals surface area contributed by atoms with Crippen LogP contribution >= 0.6 is 0 Å². The Morgan fingerprint density at radius 2 is 2.06 bits per heavy atom. The van der Waals surface area contributed by atoms with Gasteiger partial charge < -0.3 is 4.90 Å². The molecule has 0 atom stereocenters. The Morgan fingerprint density at radius 3 is 2.53 bits per heavy atom. The molecule has 0 bridgehead atoms. The zero-order valence-corrected chi connectivity index (χ0v) is 9.35. The van der Waals surface area contributed by atoms with Crippen LogP contribution in [0.15, 0.2) is 42.2 Å². The van der Waals surface area contributed by atoms with Gasteiger partial charge in [-0.15, -0.1) is 13.2 Å². The van der Waals surface area contributed by atoms with Gasteiger partial charge in [0, 0.05) is 19.2 Å². The summed E-state index contributed by atoms with van der Waals surface area (Å²) in [6, 6.07) is 2.38. The SMILES string of the molecule is C=CCN(CC=C)C(=O)Nc1ccc(=O)[nH]n1. The molecular formula is C11H14N4O2. The van der Waals surface area contributed by atoms with Gasteiger partial charge in [0.15, 0.2) is 5.82 Å². The first-order chi connectivity index (χ1) is 8.17. The molecule has 2 amide bonds. The maximum atomic E-state index is 11.8. The molecule has 17 heavy (non-hydrogen) atoms. The number of amides is 2. The molecule has 90 valence electrons. The van der Waals surface area contributed by atoms with Gasteiger partial charge in [-0.3, -0.25) is 10.1 Å². The van der Waals surface area contributed by atoms with Crippen molar-refractivity contribution in [2.45, 2.75) is 0 Å². The molecule has 0 saturated carbocycles. The van der Waals surface area contributed by atoms with Gasteiger partial charge in [0.2, 0.25) is 0 Å². The Hall–Kier alpha value is -2.37. The third kappa shape index (κ3) is 3.94. The van der Waals surface area contributed by atoms with Crippen LogP contribution in [0.25, 0.3) is 0 Å². The Bertz CT molecular complexity index is 436. The summed E-state index contributed by atoms with van der Waals surface area (Å²) in [5.74, 6) is 0.285. The van der Waals surface area contributed by atoms with Crippen LogP contribution in [0.1, 0.15) is 0 Å². The number of nitrogens with one attached hydrogen (secondary N) is 2. The first-order valence-electron chi connectivity index (χ1n) is 5.01. The first kappa shape index (κ1) is 12.7. The summed E-state index contributed by atoms with van der Waals surface area (Å²) in [6.45, 7) is 7.94. The number of anilines is 1. The van der Waals surface area contributed by atoms with Crippen LogP contribution in [-0.2, 0) is 0 Å². The fourth-order valence-electron chi connectivity index (χ4n) is 1.15. The molecule has 0 aliphatic carbocycles. The quantitative estimate of drug-likeness (QED) is 0.745. The Morgan fingerprint density at radius 1 is 1.41 bits per heavy atom. The lowest BCUT2D eigenvalue weighted by atomic mass is 10.4. The second-order valence-corrected chi connectivity index (χ2v) is 3.22. The largest absolute Gasteiger partial charge is 0.323 e. The van der Waals surface area contributed by atoms with E-state index in [1.165, 1.54) is 17.0 Å². The van der Waals surface area contributed by atoms with Gasteiger partial charge in [-0.2, -0.15) is 5.10 Å². The lowest BCUT2D eigenvalue weighted by Crippen LogP contribution is -2.35. The van der Waals surface area contributed by atoms with Crippen molar-refractivity contribution in [3.05, 3.63) is 47.8 Å². The Balaban J connectivity index is 2.68. The first-order valence-corrected chi connectivity index (χ1v) is 5.01. The molecule has 2 N–H and O–H groups in total. The number of nitrogens with zero attached hydrogens (tertiary/aromatic N) is 2. The minimum atomic E-state index is -0.329. The maximum Gasteiger partial charge on any atom is 0.323 e. The lowest BCUT2D eigenvalue weighted by Gasteiger charge is -2.19. The third-order valence-corrected chi connectivity index (χ3v) is 1.90. The molecule has 0 aliphatic heterocycles. The van der Waals surface area contributed by atoms with E-state index in [2.05, 4.69) is 28.7 Å². The molecule has 1 heterocycles. The smallest absolute Gasteiger partial charge is 0.317 e. The molecule has 6 heteroatoms. The van der Waals surface area contributed by atoms with Gasteiger partial charge in [0.05, 0.1) is 0 Å². The molecule has 1 rings (SSSR count). The van der Waals surface area contributed by atoms with E-state index < -0.39 is 0 Å². The van der Waals surface area contributed by atoms with Crippen molar-refractivity contribution in [3.8, 4) is 0 Å². The Labute approximate surface area is 98.6 Å². The minimum Gasteiger partial charge on any atom is -0.317 e. The summed E-state index contributed by atoms with van der Waals surface area (Å²) in [5.41, 5.74) is -0.322. The van der Waals surface area contributed by atoms with E-state index in [-0.39, 0.29) is 17.4 Å². The van der Waals surface area contributed by atoms with Crippen LogP contribution < -0.4 is 10.9 Å². The monoisotopic (exact) mass is 234 g/mol. The van der Waals surface area contributed by atoms with Crippen LogP contribution in [0, 0.1) is 0 Å². The van der Waals surface area contributed by atoms with Crippen molar-refractivity contribution in [2.75, 3.05) is 18.4 Å². The fraction of sp³-hybridized carbons (Fsp3) is 0.182. The van der Waals surface area contributed by atoms with Gasteiger partial charge in [-0.05, 0) is 6.07 Å². The van der Waals surface area contributed by atoms with Gasteiger partial charge in [0.1, 0.15) is 0 Å². The zero-order chi connectivity index (χ0) is 12.7. The molecule has 0 aliphatic rings. The summed E-state index contributed by atoms with van der Waals surface area (Å²) in [4.78, 5) is 24.0. The number of hydrogen-bond donors (Lipinski definition) is 2. The van der Waals surface area contributed by atoms with E-state index in [1.54, 1.807) is 12.2 Å². The van der Waals surface area contributed by atoms with Crippen molar-refractivity contribution in [1.29, 1.82) is 0 Å². The number of carbonyl (C=O) groups excluding carboxylic acids is 1. The highest BCUT2D eigenvalue weighted by Gasteiger charge is 2.10. The predicted octanol–water partition coefficient (Wildman–Crippen LogP) is 0.976. The number of hydrogen-bond acceptors (Lipinski definition) is 3. The predicted molar refractivity (Wildman–Crippen MR) is 65.8 cm³/mol. The molecule has 0 fully saturated rings. The van der Waals surface area contributed by atoms with Gasteiger partial charge in [-0.1, -0.05) is 12.2 Å². The van der Waals surface area contributed by atoms with Gasteiger partial charge >= 0.3 is 6.03 Å². The Kier molecular flexibility index (Phi) is 4.68. The summed E-state index contributed by atoms with van der Waals surface area (Å²) in [5, 5.41) is 8.45. The fourth-order valence-corrected chi connectivity index (χ4v) is 1.15. The topological polar surface area (TPSA) is 78.1 Å². The molecule has 1 aromatic rings. The van der Waals surface area contributed by atoms with E-state index >= 15 is 0 Å². The summed E-state index contributed by atoms with van der Waals surface area (Å²) < 4.78 is 0. The number of H-pyrrole nitrogens is 1. The van der Waals surface area contributed by atoms with Crippen LogP contribution in [-0.4, -0.2) is 34.2 Å². The third-order valence-electron chi connectivity index (χ3n) is 1.90. The normalized spacial score (nSPS) is 9.41. The van der Waals surface area contributed by atoms with Crippen LogP contribution in [0.4, 0.5) is 10.6 Å². The maximum absolute atomic E-state index is 11.8. The van der Waals surface area contributed by atoms with Crippen LogP contribution in [0.2, 0.25) is 0 Å². The van der Waals surface area contributed by atoms with E-state index in [4.69, 9.17) is 0 Å². The minimum absolute atomic E-state index is 0.285. The van der Waals surface area contributed by atoms with Crippen LogP contribution in [0.5, 0.6) is 0 Å². The molecule has 0 saturated heterocycles. The number of aromatic nitrogens is 2. The van der Waals surface area contributed by atoms with E-state index in [0.29, 0.717) is 13.1 Å². The van der Waals surface area contributed by atoms with E-state index in [9.17, 15) is 9.59 Å². The van der Waals surface area contributed by atoms with Gasteiger partial charge in [-0.25, -0.2) is 9.89 Å². The molecule has 0 unspecified atom stereocenters. The summed E-state index contributed by atoms with van der Waals surface area (Å²) >= 11 is 0. The summed E-state index contributed by atoms with van der Waals surface area (Å²) in [7, 11) is 0. The van der Waals surface area contributed by atoms with Gasteiger partial charge in [0.25, 0.3) is 5.56 Å². The highest BCUT2D eigenvalue weighted by Crippen LogP contribution is 2.00. The molecular weight excluding hydrogens is 220 g/mol. The number of rotatable bonds is 5. The second kappa shape index (κ2) is 6.26. The van der Waals surface area contributed by atoms with Crippen LogP contribution in [0.3, 0.4) is 0 Å². The lowest BCUT2D eigenvalue weighted by molar-refractivity contribution is 0.222. The standard InChI is InChI=1S/C11H14N4O2/c1-3-7-15(8-4-2)11(17)12-9-5-6-10(16)14-13-9/h3-6H,1-2,7-8H2,(H,14,16)(H,12,13,17). The zero-order valence-electron chi connectivity index (χ0n) is 9.35. The second-order valence-electron chi connectivity index (χ2n) is 3.22. The average molecular weight is 234 g/mol. The molecule has 0 radical (unpaired) electrons. The van der Waals surface area contributed by atoms with Crippen molar-refractivity contribution in [2.24, 2.45) is 0 Å². The molecule has 0 spiro atoms. The molecule has 6 nitrogen and oxygen atoms in total. The number of urea groups is 1. The molecule has 0 aromatic carbocycles. The van der Waals surface area contributed by atoms with E-state index in [1.807, 2.05) is 0 Å². The number of carbonyl (C=O) groups is 1. The van der Waals surface area contributed by atoms with E-state index in [0.717, 1.165) is 0 Å². The van der Waals surface area contributed by atoms with Crippen molar-refractivity contribution in [3.63, 3.8) is 0 Å². The number of aromatic amines is 1. The highest BCUT2D eigenvalue weighted by molar-refractivity contribution is 5.88. The van der Waals surface area contributed by atoms with Crippen molar-refractivity contribution < 1.29 is 4.79 Å². The van der Waals surface area contributed by atoms with Crippen molar-refractivity contribution in [1.82, 2.24) is 15.1 Å². The summed E-state index contributed by atoms with van der Waals surface area (Å²) in [6.07, 6.45) is 3.23. The molecule has 1 aromatic heterocycles.